The smallest absolute Gasteiger partial charge is 0.0476 e. The molecule has 1 aliphatic heterocycles. The van der Waals surface area contributed by atoms with Crippen LogP contribution >= 0.6 is 0 Å². The Morgan fingerprint density at radius 1 is 1.41 bits per heavy atom. The third kappa shape index (κ3) is 2.55. The quantitative estimate of drug-likeness (QED) is 0.865. The van der Waals surface area contributed by atoms with E-state index in [0.29, 0.717) is 12.5 Å². The van der Waals surface area contributed by atoms with E-state index in [1.54, 1.807) is 0 Å². The van der Waals surface area contributed by atoms with Gasteiger partial charge in [0.2, 0.25) is 0 Å². The van der Waals surface area contributed by atoms with Gasteiger partial charge in [0, 0.05) is 51.1 Å². The molecule has 1 saturated heterocycles. The number of aliphatic hydroxyl groups is 1. The summed E-state index contributed by atoms with van der Waals surface area (Å²) in [5.74, 6) is 0.444. The van der Waals surface area contributed by atoms with Crippen molar-refractivity contribution in [3.05, 3.63) is 23.8 Å². The van der Waals surface area contributed by atoms with Gasteiger partial charge >= 0.3 is 0 Å². The lowest BCUT2D eigenvalue weighted by atomic mass is 10.1. The van der Waals surface area contributed by atoms with Crippen molar-refractivity contribution in [2.75, 3.05) is 43.6 Å². The number of benzene rings is 1. The number of hydrogen-bond donors (Lipinski definition) is 1. The van der Waals surface area contributed by atoms with Crippen LogP contribution in [0.4, 0.5) is 11.4 Å². The highest BCUT2D eigenvalue weighted by atomic mass is 16.3. The van der Waals surface area contributed by atoms with Crippen LogP contribution in [0.5, 0.6) is 0 Å². The average Bonchev–Trinajstić information content (AvgIpc) is 2.78. The van der Waals surface area contributed by atoms with Crippen molar-refractivity contribution in [2.45, 2.75) is 13.3 Å². The molecule has 1 aliphatic rings. The first-order valence-electron chi connectivity index (χ1n) is 6.25. The van der Waals surface area contributed by atoms with Gasteiger partial charge in [0.15, 0.2) is 0 Å². The van der Waals surface area contributed by atoms with Crippen molar-refractivity contribution in [2.24, 2.45) is 5.92 Å². The van der Waals surface area contributed by atoms with Gasteiger partial charge in [0.1, 0.15) is 0 Å². The Morgan fingerprint density at radius 2 is 2.18 bits per heavy atom. The predicted octanol–water partition coefficient (Wildman–Crippen LogP) is 1.88. The Balaban J connectivity index is 2.19. The molecule has 0 aliphatic carbocycles. The van der Waals surface area contributed by atoms with E-state index in [1.165, 1.54) is 16.9 Å². The molecule has 0 bridgehead atoms. The molecule has 0 radical (unpaired) electrons. The van der Waals surface area contributed by atoms with Crippen molar-refractivity contribution < 1.29 is 5.11 Å². The van der Waals surface area contributed by atoms with E-state index in [9.17, 15) is 5.11 Å². The molecule has 17 heavy (non-hydrogen) atoms. The molecule has 1 heterocycles. The predicted molar refractivity (Wildman–Crippen MR) is 72.9 cm³/mol. The first-order valence-corrected chi connectivity index (χ1v) is 6.25. The van der Waals surface area contributed by atoms with Gasteiger partial charge in [0.25, 0.3) is 0 Å². The maximum Gasteiger partial charge on any atom is 0.0476 e. The molecule has 1 atom stereocenters. The second-order valence-corrected chi connectivity index (χ2v) is 5.15. The average molecular weight is 234 g/mol. The van der Waals surface area contributed by atoms with Gasteiger partial charge < -0.3 is 14.9 Å². The van der Waals surface area contributed by atoms with Gasteiger partial charge in [-0.25, -0.2) is 0 Å². The molecule has 0 spiro atoms. The summed E-state index contributed by atoms with van der Waals surface area (Å²) in [6.45, 7) is 4.48. The molecule has 1 aromatic rings. The number of nitrogens with zero attached hydrogens (tertiary/aromatic N) is 2. The van der Waals surface area contributed by atoms with E-state index < -0.39 is 0 Å². The first-order chi connectivity index (χ1) is 8.11. The second kappa shape index (κ2) is 4.96. The Morgan fingerprint density at radius 3 is 2.76 bits per heavy atom. The zero-order valence-corrected chi connectivity index (χ0v) is 11.0. The maximum absolute atomic E-state index is 9.18. The fourth-order valence-corrected chi connectivity index (χ4v) is 2.49. The van der Waals surface area contributed by atoms with Crippen molar-refractivity contribution in [3.63, 3.8) is 0 Å². The monoisotopic (exact) mass is 234 g/mol. The Labute approximate surface area is 104 Å². The van der Waals surface area contributed by atoms with Crippen molar-refractivity contribution >= 4 is 11.4 Å². The molecule has 1 N–H and O–H groups in total. The summed E-state index contributed by atoms with van der Waals surface area (Å²) in [6, 6.07) is 6.61. The summed E-state index contributed by atoms with van der Waals surface area (Å²) >= 11 is 0. The Hall–Kier alpha value is -1.22. The van der Waals surface area contributed by atoms with Crippen LogP contribution in [0.15, 0.2) is 18.2 Å². The van der Waals surface area contributed by atoms with E-state index in [0.717, 1.165) is 19.5 Å². The number of hydrogen-bond acceptors (Lipinski definition) is 3. The molecule has 0 aromatic heterocycles. The Bertz CT molecular complexity index is 390. The topological polar surface area (TPSA) is 26.7 Å². The van der Waals surface area contributed by atoms with Gasteiger partial charge in [-0.15, -0.1) is 0 Å². The summed E-state index contributed by atoms with van der Waals surface area (Å²) in [5.41, 5.74) is 3.85. The lowest BCUT2D eigenvalue weighted by Crippen LogP contribution is -2.21. The van der Waals surface area contributed by atoms with E-state index in [-0.39, 0.29) is 0 Å². The molecule has 3 nitrogen and oxygen atoms in total. The second-order valence-electron chi connectivity index (χ2n) is 5.15. The van der Waals surface area contributed by atoms with E-state index >= 15 is 0 Å². The molecule has 0 amide bonds. The van der Waals surface area contributed by atoms with Crippen LogP contribution in [0, 0.1) is 12.8 Å². The largest absolute Gasteiger partial charge is 0.396 e. The normalized spacial score (nSPS) is 19.8. The number of rotatable bonds is 3. The Kier molecular flexibility index (Phi) is 3.57. The maximum atomic E-state index is 9.18. The van der Waals surface area contributed by atoms with Crippen LogP contribution in [0.2, 0.25) is 0 Å². The minimum Gasteiger partial charge on any atom is -0.396 e. The van der Waals surface area contributed by atoms with E-state index in [2.05, 4.69) is 49.0 Å². The summed E-state index contributed by atoms with van der Waals surface area (Å²) in [7, 11) is 4.15. The standard InChI is InChI=1S/C14H22N2O/c1-11-4-5-13(8-14(11)15(2)3)16-7-6-12(9-16)10-17/h4-5,8,12,17H,6-7,9-10H2,1-3H3. The molecular formula is C14H22N2O. The van der Waals surface area contributed by atoms with Gasteiger partial charge in [0.05, 0.1) is 0 Å². The minimum absolute atomic E-state index is 0.308. The van der Waals surface area contributed by atoms with Crippen LogP contribution in [0.1, 0.15) is 12.0 Å². The van der Waals surface area contributed by atoms with Crippen LogP contribution in [0.3, 0.4) is 0 Å². The molecule has 1 unspecified atom stereocenters. The van der Waals surface area contributed by atoms with Crippen LogP contribution < -0.4 is 9.80 Å². The van der Waals surface area contributed by atoms with Crippen molar-refractivity contribution in [1.29, 1.82) is 0 Å². The summed E-state index contributed by atoms with van der Waals surface area (Å²) < 4.78 is 0. The summed E-state index contributed by atoms with van der Waals surface area (Å²) in [5, 5.41) is 9.18. The molecule has 0 saturated carbocycles. The van der Waals surface area contributed by atoms with Gasteiger partial charge in [-0.05, 0) is 31.0 Å². The molecule has 2 rings (SSSR count). The number of aryl methyl sites for hydroxylation is 1. The van der Waals surface area contributed by atoms with E-state index in [1.807, 2.05) is 0 Å². The van der Waals surface area contributed by atoms with Gasteiger partial charge in [-0.3, -0.25) is 0 Å². The van der Waals surface area contributed by atoms with Crippen LogP contribution in [-0.2, 0) is 0 Å². The van der Waals surface area contributed by atoms with Crippen LogP contribution in [-0.4, -0.2) is 38.9 Å². The molecule has 3 heteroatoms. The lowest BCUT2D eigenvalue weighted by Gasteiger charge is -2.22. The number of aliphatic hydroxyl groups excluding tert-OH is 1. The van der Waals surface area contributed by atoms with Gasteiger partial charge in [-0.2, -0.15) is 0 Å². The summed E-state index contributed by atoms with van der Waals surface area (Å²) in [6.07, 6.45) is 1.10. The molecular weight excluding hydrogens is 212 g/mol. The van der Waals surface area contributed by atoms with Crippen molar-refractivity contribution in [1.82, 2.24) is 0 Å². The third-order valence-corrected chi connectivity index (χ3v) is 3.58. The van der Waals surface area contributed by atoms with Gasteiger partial charge in [-0.1, -0.05) is 6.07 Å². The zero-order valence-electron chi connectivity index (χ0n) is 11.0. The zero-order chi connectivity index (χ0) is 12.4. The first kappa shape index (κ1) is 12.2. The number of anilines is 2. The third-order valence-electron chi connectivity index (χ3n) is 3.58. The lowest BCUT2D eigenvalue weighted by molar-refractivity contribution is 0.238. The highest BCUT2D eigenvalue weighted by Crippen LogP contribution is 2.28. The van der Waals surface area contributed by atoms with Crippen LogP contribution in [0.25, 0.3) is 0 Å². The molecule has 1 aromatic carbocycles. The SMILES string of the molecule is Cc1ccc(N2CCC(CO)C2)cc1N(C)C. The fourth-order valence-electron chi connectivity index (χ4n) is 2.49. The highest BCUT2D eigenvalue weighted by Gasteiger charge is 2.22. The highest BCUT2D eigenvalue weighted by molar-refractivity contribution is 5.63. The minimum atomic E-state index is 0.308. The van der Waals surface area contributed by atoms with Crippen molar-refractivity contribution in [3.8, 4) is 0 Å². The molecule has 94 valence electrons. The van der Waals surface area contributed by atoms with E-state index in [4.69, 9.17) is 0 Å². The molecule has 1 fully saturated rings. The fraction of sp³-hybridized carbons (Fsp3) is 0.571. The summed E-state index contributed by atoms with van der Waals surface area (Å²) in [4.78, 5) is 4.52.